The molecule has 2 aliphatic heterocycles. The summed E-state index contributed by atoms with van der Waals surface area (Å²) in [5.41, 5.74) is 0.756. The van der Waals surface area contributed by atoms with Crippen LogP contribution in [0.3, 0.4) is 0 Å². The number of hydrogen-bond donors (Lipinski definition) is 1. The Morgan fingerprint density at radius 3 is 3.16 bits per heavy atom. The Kier molecular flexibility index (Phi) is 3.41. The lowest BCUT2D eigenvalue weighted by atomic mass is 10.1. The fraction of sp³-hybridized carbons (Fsp3) is 0.714. The third-order valence-corrected chi connectivity index (χ3v) is 4.07. The van der Waals surface area contributed by atoms with Crippen molar-refractivity contribution < 1.29 is 4.74 Å². The first-order valence-electron chi connectivity index (χ1n) is 7.10. The molecule has 3 rings (SSSR count). The highest BCUT2D eigenvalue weighted by atomic mass is 16.5. The van der Waals surface area contributed by atoms with Gasteiger partial charge in [-0.1, -0.05) is 13.8 Å². The summed E-state index contributed by atoms with van der Waals surface area (Å²) in [5, 5.41) is 0. The molecule has 0 aliphatic carbocycles. The molecule has 0 amide bonds. The number of aromatic nitrogens is 2. The van der Waals surface area contributed by atoms with Crippen molar-refractivity contribution in [2.45, 2.75) is 44.8 Å². The highest BCUT2D eigenvalue weighted by Crippen LogP contribution is 2.28. The van der Waals surface area contributed by atoms with Crippen molar-refractivity contribution in [3.8, 4) is 0 Å². The van der Waals surface area contributed by atoms with Gasteiger partial charge in [0.25, 0.3) is 5.56 Å². The number of hydrogen-bond acceptors (Lipinski definition) is 4. The topological polar surface area (TPSA) is 58.2 Å². The van der Waals surface area contributed by atoms with E-state index in [1.165, 1.54) is 12.8 Å². The summed E-state index contributed by atoms with van der Waals surface area (Å²) in [6, 6.07) is 2.14. The van der Waals surface area contributed by atoms with E-state index in [4.69, 9.17) is 4.74 Å². The van der Waals surface area contributed by atoms with Crippen LogP contribution in [0.15, 0.2) is 10.9 Å². The zero-order chi connectivity index (χ0) is 13.4. The van der Waals surface area contributed by atoms with Crippen molar-refractivity contribution >= 4 is 0 Å². The Bertz CT molecular complexity index is 512. The van der Waals surface area contributed by atoms with Crippen molar-refractivity contribution in [2.24, 2.45) is 0 Å². The largest absolute Gasteiger partial charge is 0.367 e. The Morgan fingerprint density at radius 1 is 1.53 bits per heavy atom. The van der Waals surface area contributed by atoms with Gasteiger partial charge in [-0.2, -0.15) is 0 Å². The van der Waals surface area contributed by atoms with Crippen LogP contribution in [0.2, 0.25) is 0 Å². The van der Waals surface area contributed by atoms with Gasteiger partial charge in [-0.3, -0.25) is 9.69 Å². The Labute approximate surface area is 113 Å². The van der Waals surface area contributed by atoms with Gasteiger partial charge in [-0.25, -0.2) is 4.98 Å². The fourth-order valence-corrected chi connectivity index (χ4v) is 2.93. The molecule has 5 nitrogen and oxygen atoms in total. The third kappa shape index (κ3) is 2.58. The molecule has 104 valence electrons. The molecule has 0 radical (unpaired) electrons. The standard InChI is InChI=1S/C14H21N3O2/c1-9(2)11-6-13(18)16-14(15-11)12-7-17-5-3-4-10(17)8-19-12/h6,9-10,12H,3-5,7-8H2,1-2H3,(H,15,16,18). The summed E-state index contributed by atoms with van der Waals surface area (Å²) < 4.78 is 5.89. The zero-order valence-electron chi connectivity index (χ0n) is 11.6. The molecule has 0 bridgehead atoms. The molecule has 2 unspecified atom stereocenters. The normalized spacial score (nSPS) is 27.7. The van der Waals surface area contributed by atoms with Gasteiger partial charge in [0.15, 0.2) is 0 Å². The second-order valence-electron chi connectivity index (χ2n) is 5.82. The van der Waals surface area contributed by atoms with Crippen molar-refractivity contribution in [3.05, 3.63) is 27.9 Å². The summed E-state index contributed by atoms with van der Waals surface area (Å²) in [4.78, 5) is 21.6. The van der Waals surface area contributed by atoms with E-state index in [0.29, 0.717) is 11.9 Å². The van der Waals surface area contributed by atoms with Gasteiger partial charge in [0.2, 0.25) is 0 Å². The molecular formula is C14H21N3O2. The molecule has 0 aromatic carbocycles. The quantitative estimate of drug-likeness (QED) is 0.877. The van der Waals surface area contributed by atoms with Crippen LogP contribution in [0.1, 0.15) is 50.2 Å². The van der Waals surface area contributed by atoms with Gasteiger partial charge >= 0.3 is 0 Å². The Morgan fingerprint density at radius 2 is 2.37 bits per heavy atom. The number of rotatable bonds is 2. The number of H-pyrrole nitrogens is 1. The van der Waals surface area contributed by atoms with Crippen LogP contribution >= 0.6 is 0 Å². The number of fused-ring (bicyclic) bond motifs is 1. The second-order valence-corrected chi connectivity index (χ2v) is 5.82. The van der Waals surface area contributed by atoms with E-state index in [9.17, 15) is 4.79 Å². The van der Waals surface area contributed by atoms with Gasteiger partial charge in [-0.15, -0.1) is 0 Å². The molecule has 2 saturated heterocycles. The van der Waals surface area contributed by atoms with E-state index in [1.54, 1.807) is 6.07 Å². The van der Waals surface area contributed by atoms with Crippen molar-refractivity contribution in [1.82, 2.24) is 14.9 Å². The van der Waals surface area contributed by atoms with Crippen LogP contribution < -0.4 is 5.56 Å². The third-order valence-electron chi connectivity index (χ3n) is 4.07. The van der Waals surface area contributed by atoms with Crippen molar-refractivity contribution in [2.75, 3.05) is 19.7 Å². The molecule has 19 heavy (non-hydrogen) atoms. The van der Waals surface area contributed by atoms with Gasteiger partial charge in [-0.05, 0) is 25.3 Å². The summed E-state index contributed by atoms with van der Waals surface area (Å²) in [5.74, 6) is 0.936. The van der Waals surface area contributed by atoms with E-state index in [1.807, 2.05) is 13.8 Å². The lowest BCUT2D eigenvalue weighted by Crippen LogP contribution is -2.43. The van der Waals surface area contributed by atoms with Gasteiger partial charge < -0.3 is 9.72 Å². The zero-order valence-corrected chi connectivity index (χ0v) is 11.6. The molecule has 0 saturated carbocycles. The number of aromatic amines is 1. The second kappa shape index (κ2) is 5.06. The molecular weight excluding hydrogens is 242 g/mol. The molecule has 1 aromatic rings. The average molecular weight is 263 g/mol. The van der Waals surface area contributed by atoms with Gasteiger partial charge in [0.1, 0.15) is 11.9 Å². The maximum atomic E-state index is 11.7. The predicted octanol–water partition coefficient (Wildman–Crippen LogP) is 1.43. The maximum Gasteiger partial charge on any atom is 0.251 e. The van der Waals surface area contributed by atoms with E-state index >= 15 is 0 Å². The summed E-state index contributed by atoms with van der Waals surface area (Å²) in [6.07, 6.45) is 2.38. The monoisotopic (exact) mass is 263 g/mol. The van der Waals surface area contributed by atoms with Crippen LogP contribution in [0.25, 0.3) is 0 Å². The SMILES string of the molecule is CC(C)c1cc(=O)[nH]c(C2CN3CCCC3CO2)n1. The lowest BCUT2D eigenvalue weighted by Gasteiger charge is -2.34. The number of nitrogens with one attached hydrogen (secondary N) is 1. The molecule has 0 spiro atoms. The first-order chi connectivity index (χ1) is 9.13. The van der Waals surface area contributed by atoms with E-state index < -0.39 is 0 Å². The van der Waals surface area contributed by atoms with Crippen LogP contribution in [0.5, 0.6) is 0 Å². The first kappa shape index (κ1) is 12.8. The number of nitrogens with zero attached hydrogens (tertiary/aromatic N) is 2. The minimum absolute atomic E-state index is 0.0826. The average Bonchev–Trinajstić information content (AvgIpc) is 2.85. The highest BCUT2D eigenvalue weighted by molar-refractivity contribution is 5.09. The summed E-state index contributed by atoms with van der Waals surface area (Å²) in [7, 11) is 0. The van der Waals surface area contributed by atoms with Crippen LogP contribution in [-0.4, -0.2) is 40.6 Å². The smallest absolute Gasteiger partial charge is 0.251 e. The maximum absolute atomic E-state index is 11.7. The van der Waals surface area contributed by atoms with Crippen LogP contribution in [-0.2, 0) is 4.74 Å². The molecule has 1 aromatic heterocycles. The van der Waals surface area contributed by atoms with Crippen LogP contribution in [0, 0.1) is 0 Å². The molecule has 2 atom stereocenters. The Balaban J connectivity index is 1.84. The lowest BCUT2D eigenvalue weighted by molar-refractivity contribution is -0.0543. The minimum atomic E-state index is -0.0965. The van der Waals surface area contributed by atoms with Gasteiger partial charge in [0.05, 0.1) is 12.3 Å². The molecule has 5 heteroatoms. The van der Waals surface area contributed by atoms with Crippen LogP contribution in [0.4, 0.5) is 0 Å². The summed E-state index contributed by atoms with van der Waals surface area (Å²) in [6.45, 7) is 6.82. The van der Waals surface area contributed by atoms with Crippen molar-refractivity contribution in [1.29, 1.82) is 0 Å². The Hall–Kier alpha value is -1.20. The fourth-order valence-electron chi connectivity index (χ4n) is 2.93. The summed E-state index contributed by atoms with van der Waals surface area (Å²) >= 11 is 0. The molecule has 2 aliphatic rings. The number of ether oxygens (including phenoxy) is 1. The van der Waals surface area contributed by atoms with E-state index in [2.05, 4.69) is 14.9 Å². The van der Waals surface area contributed by atoms with Crippen molar-refractivity contribution in [3.63, 3.8) is 0 Å². The van der Waals surface area contributed by atoms with E-state index in [-0.39, 0.29) is 17.6 Å². The molecule has 2 fully saturated rings. The minimum Gasteiger partial charge on any atom is -0.367 e. The highest BCUT2D eigenvalue weighted by Gasteiger charge is 2.33. The predicted molar refractivity (Wildman–Crippen MR) is 72.2 cm³/mol. The van der Waals surface area contributed by atoms with Gasteiger partial charge in [0, 0.05) is 18.7 Å². The molecule has 3 heterocycles. The van der Waals surface area contributed by atoms with E-state index in [0.717, 1.165) is 25.4 Å². The molecule has 1 N–H and O–H groups in total. The first-order valence-corrected chi connectivity index (χ1v) is 7.10. The number of morpholine rings is 1.